The molecule has 0 bridgehead atoms. The molecule has 1 saturated carbocycles. The second-order valence-electron chi connectivity index (χ2n) is 2.62. The zero-order valence-corrected chi connectivity index (χ0v) is 5.78. The minimum absolute atomic E-state index is 0.0688. The van der Waals surface area contributed by atoms with Crippen LogP contribution in [0, 0.1) is 0 Å². The molecule has 0 aliphatic heterocycles. The molecule has 1 aliphatic carbocycles. The average Bonchev–Trinajstić information content (AvgIpc) is 2.29. The lowest BCUT2D eigenvalue weighted by atomic mass is 9.84. The summed E-state index contributed by atoms with van der Waals surface area (Å²) >= 11 is 0. The number of ketones is 1. The predicted octanol–water partition coefficient (Wildman–Crippen LogP) is 0.0983. The van der Waals surface area contributed by atoms with E-state index in [-0.39, 0.29) is 17.7 Å². The van der Waals surface area contributed by atoms with Crippen molar-refractivity contribution >= 4 is 11.8 Å². The molecule has 0 spiro atoms. The topological polar surface area (TPSA) is 82.0 Å². The van der Waals surface area contributed by atoms with Crippen molar-refractivity contribution in [1.29, 1.82) is 0 Å². The SMILES string of the molecule is Nc1nnc(C2CC(=O)C2)o1. The van der Waals surface area contributed by atoms with Crippen LogP contribution in [0.4, 0.5) is 6.01 Å². The van der Waals surface area contributed by atoms with Crippen molar-refractivity contribution in [3.05, 3.63) is 5.89 Å². The Bertz CT molecular complexity index is 286. The van der Waals surface area contributed by atoms with Gasteiger partial charge >= 0.3 is 6.01 Å². The molecular formula is C6H7N3O2. The maximum atomic E-state index is 10.6. The van der Waals surface area contributed by atoms with Crippen molar-refractivity contribution in [1.82, 2.24) is 10.2 Å². The largest absolute Gasteiger partial charge is 0.408 e. The van der Waals surface area contributed by atoms with Crippen LogP contribution in [0.5, 0.6) is 0 Å². The summed E-state index contributed by atoms with van der Waals surface area (Å²) in [5.41, 5.74) is 5.20. The van der Waals surface area contributed by atoms with Gasteiger partial charge in [0.05, 0.1) is 5.92 Å². The van der Waals surface area contributed by atoms with E-state index < -0.39 is 0 Å². The van der Waals surface area contributed by atoms with Gasteiger partial charge in [-0.05, 0) is 0 Å². The summed E-state index contributed by atoms with van der Waals surface area (Å²) in [6, 6.07) is 0.0688. The Morgan fingerprint density at radius 1 is 1.45 bits per heavy atom. The Kier molecular flexibility index (Phi) is 1.18. The number of carbonyl (C=O) groups is 1. The van der Waals surface area contributed by atoms with Crippen LogP contribution in [0.1, 0.15) is 24.7 Å². The van der Waals surface area contributed by atoms with Gasteiger partial charge in [-0.3, -0.25) is 4.79 Å². The Hall–Kier alpha value is -1.39. The number of carbonyl (C=O) groups excluding carboxylic acids is 1. The van der Waals surface area contributed by atoms with Crippen molar-refractivity contribution in [3.63, 3.8) is 0 Å². The van der Waals surface area contributed by atoms with E-state index in [1.165, 1.54) is 0 Å². The molecule has 2 rings (SSSR count). The second kappa shape index (κ2) is 2.05. The Balaban J connectivity index is 2.12. The van der Waals surface area contributed by atoms with Gasteiger partial charge in [-0.15, -0.1) is 5.10 Å². The van der Waals surface area contributed by atoms with Gasteiger partial charge in [0.15, 0.2) is 0 Å². The molecule has 1 aromatic heterocycles. The smallest absolute Gasteiger partial charge is 0.312 e. The summed E-state index contributed by atoms with van der Waals surface area (Å²) in [4.78, 5) is 10.6. The lowest BCUT2D eigenvalue weighted by Crippen LogP contribution is -2.21. The number of aromatic nitrogens is 2. The minimum Gasteiger partial charge on any atom is -0.408 e. The lowest BCUT2D eigenvalue weighted by Gasteiger charge is -2.19. The molecule has 5 nitrogen and oxygen atoms in total. The Morgan fingerprint density at radius 3 is 2.64 bits per heavy atom. The van der Waals surface area contributed by atoms with Crippen LogP contribution >= 0.6 is 0 Å². The van der Waals surface area contributed by atoms with Crippen molar-refractivity contribution in [2.24, 2.45) is 0 Å². The lowest BCUT2D eigenvalue weighted by molar-refractivity contribution is -0.125. The van der Waals surface area contributed by atoms with Crippen LogP contribution in [0.3, 0.4) is 0 Å². The number of hydrogen-bond acceptors (Lipinski definition) is 5. The van der Waals surface area contributed by atoms with E-state index in [4.69, 9.17) is 10.2 Å². The number of anilines is 1. The maximum absolute atomic E-state index is 10.6. The average molecular weight is 153 g/mol. The normalized spacial score (nSPS) is 18.4. The molecule has 5 heteroatoms. The molecular weight excluding hydrogens is 146 g/mol. The highest BCUT2D eigenvalue weighted by Gasteiger charge is 2.32. The van der Waals surface area contributed by atoms with Crippen LogP contribution in [-0.4, -0.2) is 16.0 Å². The number of rotatable bonds is 1. The summed E-state index contributed by atoms with van der Waals surface area (Å²) in [5.74, 6) is 0.848. The fourth-order valence-electron chi connectivity index (χ4n) is 1.08. The first-order chi connectivity index (χ1) is 5.25. The third-order valence-corrected chi connectivity index (χ3v) is 1.75. The summed E-state index contributed by atoms with van der Waals surface area (Å²) in [5, 5.41) is 7.17. The highest BCUT2D eigenvalue weighted by molar-refractivity contribution is 5.86. The molecule has 1 heterocycles. The van der Waals surface area contributed by atoms with Crippen LogP contribution in [0.2, 0.25) is 0 Å². The van der Waals surface area contributed by atoms with Gasteiger partial charge in [-0.1, -0.05) is 5.10 Å². The molecule has 2 N–H and O–H groups in total. The number of nitrogens with two attached hydrogens (primary N) is 1. The monoisotopic (exact) mass is 153 g/mol. The Morgan fingerprint density at radius 2 is 2.18 bits per heavy atom. The van der Waals surface area contributed by atoms with Crippen molar-refractivity contribution in [2.45, 2.75) is 18.8 Å². The molecule has 0 atom stereocenters. The van der Waals surface area contributed by atoms with Gasteiger partial charge in [0.2, 0.25) is 5.89 Å². The number of nitrogens with zero attached hydrogens (tertiary/aromatic N) is 2. The van der Waals surface area contributed by atoms with Gasteiger partial charge in [0.1, 0.15) is 5.78 Å². The summed E-state index contributed by atoms with van der Waals surface area (Å²) in [6.45, 7) is 0. The molecule has 0 saturated heterocycles. The first kappa shape index (κ1) is 6.33. The highest BCUT2D eigenvalue weighted by atomic mass is 16.4. The fraction of sp³-hybridized carbons (Fsp3) is 0.500. The van der Waals surface area contributed by atoms with Crippen molar-refractivity contribution in [2.75, 3.05) is 5.73 Å². The summed E-state index contributed by atoms with van der Waals surface area (Å²) in [6.07, 6.45) is 1.03. The fourth-order valence-corrected chi connectivity index (χ4v) is 1.08. The third-order valence-electron chi connectivity index (χ3n) is 1.75. The van der Waals surface area contributed by atoms with Gasteiger partial charge in [-0.25, -0.2) is 0 Å². The van der Waals surface area contributed by atoms with E-state index in [0.29, 0.717) is 18.7 Å². The molecule has 1 aliphatic rings. The van der Waals surface area contributed by atoms with Crippen LogP contribution < -0.4 is 5.73 Å². The highest BCUT2D eigenvalue weighted by Crippen LogP contribution is 2.32. The molecule has 11 heavy (non-hydrogen) atoms. The van der Waals surface area contributed by atoms with Gasteiger partial charge in [0, 0.05) is 12.8 Å². The minimum atomic E-state index is 0.0688. The van der Waals surface area contributed by atoms with Crippen LogP contribution in [0.15, 0.2) is 4.42 Å². The first-order valence-corrected chi connectivity index (χ1v) is 3.36. The third kappa shape index (κ3) is 0.978. The van der Waals surface area contributed by atoms with E-state index in [1.807, 2.05) is 0 Å². The van der Waals surface area contributed by atoms with E-state index in [1.54, 1.807) is 0 Å². The zero-order chi connectivity index (χ0) is 7.84. The van der Waals surface area contributed by atoms with E-state index in [0.717, 1.165) is 0 Å². The zero-order valence-electron chi connectivity index (χ0n) is 5.78. The molecule has 0 aromatic carbocycles. The van der Waals surface area contributed by atoms with Crippen molar-refractivity contribution in [3.8, 4) is 0 Å². The standard InChI is InChI=1S/C6H7N3O2/c7-6-9-8-5(11-6)3-1-4(10)2-3/h3H,1-2H2,(H2,7,9). The van der Waals surface area contributed by atoms with Crippen LogP contribution in [0.25, 0.3) is 0 Å². The number of hydrogen-bond donors (Lipinski definition) is 1. The summed E-state index contributed by atoms with van der Waals surface area (Å²) < 4.78 is 4.94. The molecule has 0 radical (unpaired) electrons. The van der Waals surface area contributed by atoms with Gasteiger partial charge in [0.25, 0.3) is 0 Å². The summed E-state index contributed by atoms with van der Waals surface area (Å²) in [7, 11) is 0. The van der Waals surface area contributed by atoms with Gasteiger partial charge < -0.3 is 10.2 Å². The molecule has 0 amide bonds. The van der Waals surface area contributed by atoms with Gasteiger partial charge in [-0.2, -0.15) is 0 Å². The maximum Gasteiger partial charge on any atom is 0.312 e. The molecule has 0 unspecified atom stereocenters. The van der Waals surface area contributed by atoms with E-state index in [9.17, 15) is 4.79 Å². The molecule has 58 valence electrons. The second-order valence-corrected chi connectivity index (χ2v) is 2.62. The van der Waals surface area contributed by atoms with E-state index in [2.05, 4.69) is 10.2 Å². The number of Topliss-reactive ketones (excluding diaryl/α,β-unsaturated/α-hetero) is 1. The quantitative estimate of drug-likeness (QED) is 0.618. The predicted molar refractivity (Wildman–Crippen MR) is 35.7 cm³/mol. The molecule has 1 fully saturated rings. The number of nitrogen functional groups attached to an aromatic ring is 1. The van der Waals surface area contributed by atoms with E-state index >= 15 is 0 Å². The Labute approximate surface area is 62.6 Å². The van der Waals surface area contributed by atoms with Crippen LogP contribution in [-0.2, 0) is 4.79 Å². The van der Waals surface area contributed by atoms with Crippen molar-refractivity contribution < 1.29 is 9.21 Å². The first-order valence-electron chi connectivity index (χ1n) is 3.36. The molecule has 1 aromatic rings.